The van der Waals surface area contributed by atoms with Gasteiger partial charge in [0.2, 0.25) is 11.6 Å². The van der Waals surface area contributed by atoms with Gasteiger partial charge < -0.3 is 9.47 Å². The molecule has 3 rings (SSSR count). The van der Waals surface area contributed by atoms with Gasteiger partial charge in [0.25, 0.3) is 17.1 Å². The molecule has 15 heteroatoms. The van der Waals surface area contributed by atoms with E-state index in [-0.39, 0.29) is 33.8 Å². The molecule has 0 atom stereocenters. The van der Waals surface area contributed by atoms with Gasteiger partial charge in [-0.1, -0.05) is 36.4 Å². The number of hydrogen-bond acceptors (Lipinski definition) is 12. The lowest BCUT2D eigenvalue weighted by Gasteiger charge is -2.09. The Kier molecular flexibility index (Phi) is 9.40. The number of Topliss-reactive ketones (excluding diaryl/α,β-unsaturated/α-hetero) is 2. The van der Waals surface area contributed by atoms with E-state index in [4.69, 9.17) is 9.47 Å². The number of ether oxygens (including phenoxy) is 2. The van der Waals surface area contributed by atoms with Gasteiger partial charge in [0.05, 0.1) is 14.8 Å². The lowest BCUT2D eigenvalue weighted by Crippen LogP contribution is -2.23. The van der Waals surface area contributed by atoms with Gasteiger partial charge >= 0.3 is 11.9 Å². The molecule has 0 aliphatic rings. The lowest BCUT2D eigenvalue weighted by atomic mass is 10.1. The fraction of sp³-hybridized carbons (Fsp3) is 0.0769. The van der Waals surface area contributed by atoms with Crippen LogP contribution in [0.1, 0.15) is 26.3 Å². The Morgan fingerprint density at radius 3 is 1.41 bits per heavy atom. The molecular weight excluding hydrogens is 546 g/mol. The summed E-state index contributed by atoms with van der Waals surface area (Å²) in [4.78, 5) is 81.3. The summed E-state index contributed by atoms with van der Waals surface area (Å²) in [6.45, 7) is -1.88. The van der Waals surface area contributed by atoms with Crippen molar-refractivity contribution in [3.05, 3.63) is 125 Å². The molecule has 0 spiro atoms. The summed E-state index contributed by atoms with van der Waals surface area (Å²) < 4.78 is 9.81. The van der Waals surface area contributed by atoms with Crippen LogP contribution in [0.2, 0.25) is 0 Å². The number of nitrogens with zero attached hydrogens (tertiary/aromatic N) is 3. The number of esters is 2. The van der Waals surface area contributed by atoms with Crippen molar-refractivity contribution >= 4 is 46.6 Å². The van der Waals surface area contributed by atoms with E-state index in [9.17, 15) is 49.5 Å². The lowest BCUT2D eigenvalue weighted by molar-refractivity contribution is -0.385. The second-order valence-corrected chi connectivity index (χ2v) is 8.02. The van der Waals surface area contributed by atoms with Crippen LogP contribution in [0.25, 0.3) is 6.08 Å². The van der Waals surface area contributed by atoms with Gasteiger partial charge in [0.1, 0.15) is 5.57 Å². The monoisotopic (exact) mass is 563 g/mol. The topological polar surface area (TPSA) is 216 Å². The molecule has 3 aromatic rings. The quantitative estimate of drug-likeness (QED) is 0.0587. The molecule has 41 heavy (non-hydrogen) atoms. The maximum atomic E-state index is 12.8. The van der Waals surface area contributed by atoms with Crippen LogP contribution in [-0.4, -0.2) is 51.5 Å². The van der Waals surface area contributed by atoms with Crippen molar-refractivity contribution in [2.24, 2.45) is 0 Å². The fourth-order valence-electron chi connectivity index (χ4n) is 3.27. The van der Waals surface area contributed by atoms with E-state index in [1.807, 2.05) is 0 Å². The second kappa shape index (κ2) is 13.1. The number of non-ortho nitro benzene ring substituents is 3. The minimum absolute atomic E-state index is 0.00174. The van der Waals surface area contributed by atoms with E-state index >= 15 is 0 Å². The van der Waals surface area contributed by atoms with Crippen molar-refractivity contribution in [3.8, 4) is 0 Å². The van der Waals surface area contributed by atoms with Gasteiger partial charge in [-0.2, -0.15) is 0 Å². The SMILES string of the molecule is O=C(OCC(=O)c1cccc([N+](=O)[O-])c1)C(=Cc1cccc([N+](=O)[O-])c1)C(=O)OCC(=O)c1cccc([N+](=O)[O-])c1. The summed E-state index contributed by atoms with van der Waals surface area (Å²) in [6, 6.07) is 14.0. The minimum Gasteiger partial charge on any atom is -0.453 e. The van der Waals surface area contributed by atoms with Crippen molar-refractivity contribution in [1.82, 2.24) is 0 Å². The van der Waals surface area contributed by atoms with Crippen LogP contribution < -0.4 is 0 Å². The van der Waals surface area contributed by atoms with Crippen LogP contribution >= 0.6 is 0 Å². The highest BCUT2D eigenvalue weighted by atomic mass is 16.6. The fourth-order valence-corrected chi connectivity index (χ4v) is 3.27. The van der Waals surface area contributed by atoms with Crippen LogP contribution in [0.5, 0.6) is 0 Å². The Morgan fingerprint density at radius 2 is 1.00 bits per heavy atom. The van der Waals surface area contributed by atoms with E-state index in [2.05, 4.69) is 0 Å². The summed E-state index contributed by atoms with van der Waals surface area (Å²) in [5.41, 5.74) is -2.29. The van der Waals surface area contributed by atoms with Crippen LogP contribution in [0, 0.1) is 30.3 Å². The average molecular weight is 563 g/mol. The van der Waals surface area contributed by atoms with Crippen LogP contribution in [0.3, 0.4) is 0 Å². The van der Waals surface area contributed by atoms with Gasteiger partial charge in [-0.25, -0.2) is 9.59 Å². The third kappa shape index (κ3) is 7.93. The number of nitro benzene ring substituents is 3. The van der Waals surface area contributed by atoms with Crippen molar-refractivity contribution in [2.75, 3.05) is 13.2 Å². The molecule has 15 nitrogen and oxygen atoms in total. The first kappa shape index (κ1) is 29.4. The van der Waals surface area contributed by atoms with Gasteiger partial charge in [0, 0.05) is 47.5 Å². The predicted octanol–water partition coefficient (Wildman–Crippen LogP) is 3.65. The van der Waals surface area contributed by atoms with Crippen LogP contribution in [-0.2, 0) is 19.1 Å². The van der Waals surface area contributed by atoms with Crippen molar-refractivity contribution in [3.63, 3.8) is 0 Å². The van der Waals surface area contributed by atoms with E-state index < -0.39 is 57.1 Å². The molecule has 0 bridgehead atoms. The maximum Gasteiger partial charge on any atom is 0.346 e. The standard InChI is InChI=1S/C26H17N3O12/c30-23(17-5-2-8-20(12-17)28(36)37)14-40-25(32)22(11-16-4-1-7-19(10-16)27(34)35)26(33)41-15-24(31)18-6-3-9-21(13-18)29(38)39/h1-13H,14-15H2. The molecule has 0 heterocycles. The van der Waals surface area contributed by atoms with Crippen molar-refractivity contribution < 1.29 is 43.4 Å². The zero-order valence-corrected chi connectivity index (χ0v) is 20.7. The summed E-state index contributed by atoms with van der Waals surface area (Å²) in [6.07, 6.45) is 0.882. The van der Waals surface area contributed by atoms with E-state index in [1.54, 1.807) is 0 Å². The normalized spacial score (nSPS) is 10.1. The second-order valence-electron chi connectivity index (χ2n) is 8.02. The zero-order chi connectivity index (χ0) is 30.1. The van der Waals surface area contributed by atoms with Gasteiger partial charge in [-0.05, 0) is 11.6 Å². The highest BCUT2D eigenvalue weighted by molar-refractivity contribution is 6.18. The molecule has 0 aromatic heterocycles. The van der Waals surface area contributed by atoms with E-state index in [0.717, 1.165) is 42.5 Å². The number of hydrogen-bond donors (Lipinski definition) is 0. The Hall–Kier alpha value is -6.12. The first-order chi connectivity index (χ1) is 19.5. The Bertz CT molecular complexity index is 1520. The van der Waals surface area contributed by atoms with E-state index in [1.165, 1.54) is 36.4 Å². The van der Waals surface area contributed by atoms with Gasteiger partial charge in [-0.15, -0.1) is 0 Å². The number of rotatable bonds is 12. The molecule has 0 saturated heterocycles. The molecule has 0 N–H and O–H groups in total. The first-order valence-corrected chi connectivity index (χ1v) is 11.3. The smallest absolute Gasteiger partial charge is 0.346 e. The summed E-state index contributed by atoms with van der Waals surface area (Å²) in [5.74, 6) is -4.48. The third-order valence-corrected chi connectivity index (χ3v) is 5.26. The highest BCUT2D eigenvalue weighted by Gasteiger charge is 2.25. The molecule has 0 radical (unpaired) electrons. The molecule has 0 saturated carbocycles. The van der Waals surface area contributed by atoms with Crippen LogP contribution in [0.4, 0.5) is 17.1 Å². The molecule has 3 aromatic carbocycles. The molecule has 0 amide bonds. The summed E-state index contributed by atoms with van der Waals surface area (Å²) >= 11 is 0. The molecule has 0 unspecified atom stereocenters. The summed E-state index contributed by atoms with van der Waals surface area (Å²) in [7, 11) is 0. The van der Waals surface area contributed by atoms with Gasteiger partial charge in [-0.3, -0.25) is 39.9 Å². The molecule has 208 valence electrons. The third-order valence-electron chi connectivity index (χ3n) is 5.26. The largest absolute Gasteiger partial charge is 0.453 e. The first-order valence-electron chi connectivity index (χ1n) is 11.3. The molecule has 0 fully saturated rings. The number of nitro groups is 3. The summed E-state index contributed by atoms with van der Waals surface area (Å²) in [5, 5.41) is 33.0. The van der Waals surface area contributed by atoms with Crippen molar-refractivity contribution in [1.29, 1.82) is 0 Å². The average Bonchev–Trinajstić information content (AvgIpc) is 2.97. The van der Waals surface area contributed by atoms with E-state index in [0.29, 0.717) is 0 Å². The Balaban J connectivity index is 1.81. The number of ketones is 2. The molecule has 0 aliphatic heterocycles. The highest BCUT2D eigenvalue weighted by Crippen LogP contribution is 2.19. The maximum absolute atomic E-state index is 12.8. The number of carbonyl (C=O) groups excluding carboxylic acids is 4. The predicted molar refractivity (Wildman–Crippen MR) is 138 cm³/mol. The number of benzene rings is 3. The minimum atomic E-state index is -1.40. The molecule has 0 aliphatic carbocycles. The molecular formula is C26H17N3O12. The number of carbonyl (C=O) groups is 4. The Morgan fingerprint density at radius 1 is 0.610 bits per heavy atom. The van der Waals surface area contributed by atoms with Gasteiger partial charge in [0.15, 0.2) is 13.2 Å². The van der Waals surface area contributed by atoms with Crippen LogP contribution in [0.15, 0.2) is 78.4 Å². The Labute approximate surface area is 229 Å². The van der Waals surface area contributed by atoms with Crippen molar-refractivity contribution in [2.45, 2.75) is 0 Å². The zero-order valence-electron chi connectivity index (χ0n) is 20.7.